The molecule has 0 aliphatic carbocycles. The lowest BCUT2D eigenvalue weighted by Gasteiger charge is -2.20. The van der Waals surface area contributed by atoms with Crippen LogP contribution < -0.4 is 4.90 Å². The third-order valence-electron chi connectivity index (χ3n) is 3.24. The highest BCUT2D eigenvalue weighted by Gasteiger charge is 2.09. The Hall–Kier alpha value is -1.87. The van der Waals surface area contributed by atoms with E-state index in [0.29, 0.717) is 0 Å². The maximum atomic E-state index is 9.62. The molecule has 0 amide bonds. The highest BCUT2D eigenvalue weighted by atomic mass is 16.3. The standard InChI is InChI=1S/C16H20N2O/c1-12-9-16(17-10-15(12)13(2)19)18(3)11-14-7-5-4-6-8-14/h4-10,13,19H,11H2,1-3H3. The van der Waals surface area contributed by atoms with Gasteiger partial charge in [0.2, 0.25) is 0 Å². The van der Waals surface area contributed by atoms with E-state index in [1.807, 2.05) is 38.2 Å². The van der Waals surface area contributed by atoms with Crippen LogP contribution >= 0.6 is 0 Å². The fourth-order valence-electron chi connectivity index (χ4n) is 2.14. The van der Waals surface area contributed by atoms with Gasteiger partial charge in [-0.3, -0.25) is 0 Å². The normalized spacial score (nSPS) is 12.2. The average Bonchev–Trinajstić information content (AvgIpc) is 2.39. The predicted octanol–water partition coefficient (Wildman–Crippen LogP) is 3.08. The van der Waals surface area contributed by atoms with Crippen LogP contribution in [0.3, 0.4) is 0 Å². The Balaban J connectivity index is 2.16. The molecule has 1 atom stereocenters. The molecule has 0 aliphatic rings. The Morgan fingerprint density at radius 2 is 1.95 bits per heavy atom. The van der Waals surface area contributed by atoms with Gasteiger partial charge in [-0.05, 0) is 31.0 Å². The van der Waals surface area contributed by atoms with Crippen molar-refractivity contribution in [1.82, 2.24) is 4.98 Å². The van der Waals surface area contributed by atoms with E-state index in [2.05, 4.69) is 22.0 Å². The van der Waals surface area contributed by atoms with E-state index in [0.717, 1.165) is 23.5 Å². The third-order valence-corrected chi connectivity index (χ3v) is 3.24. The van der Waals surface area contributed by atoms with Crippen LogP contribution in [-0.2, 0) is 6.54 Å². The van der Waals surface area contributed by atoms with Gasteiger partial charge < -0.3 is 10.0 Å². The van der Waals surface area contributed by atoms with Crippen LogP contribution in [-0.4, -0.2) is 17.1 Å². The molecule has 0 aliphatic heterocycles. The zero-order valence-corrected chi connectivity index (χ0v) is 11.7. The molecule has 100 valence electrons. The Labute approximate surface area is 114 Å². The number of rotatable bonds is 4. The van der Waals surface area contributed by atoms with Crippen LogP contribution in [0.2, 0.25) is 0 Å². The smallest absolute Gasteiger partial charge is 0.128 e. The molecule has 0 saturated carbocycles. The van der Waals surface area contributed by atoms with Gasteiger partial charge in [0.1, 0.15) is 5.82 Å². The number of pyridine rings is 1. The summed E-state index contributed by atoms with van der Waals surface area (Å²) in [6, 6.07) is 12.3. The molecule has 0 bridgehead atoms. The van der Waals surface area contributed by atoms with Crippen LogP contribution in [0.15, 0.2) is 42.6 Å². The van der Waals surface area contributed by atoms with E-state index in [9.17, 15) is 5.11 Å². The molecule has 1 heterocycles. The lowest BCUT2D eigenvalue weighted by molar-refractivity contribution is 0.198. The number of benzene rings is 1. The zero-order valence-electron chi connectivity index (χ0n) is 11.7. The summed E-state index contributed by atoms with van der Waals surface area (Å²) in [5, 5.41) is 9.62. The molecule has 3 heteroatoms. The van der Waals surface area contributed by atoms with Crippen molar-refractivity contribution in [2.75, 3.05) is 11.9 Å². The van der Waals surface area contributed by atoms with Gasteiger partial charge in [-0.1, -0.05) is 30.3 Å². The first kappa shape index (κ1) is 13.6. The minimum absolute atomic E-state index is 0.471. The molecule has 1 aromatic carbocycles. The van der Waals surface area contributed by atoms with E-state index in [4.69, 9.17) is 0 Å². The van der Waals surface area contributed by atoms with Crippen molar-refractivity contribution in [3.8, 4) is 0 Å². The van der Waals surface area contributed by atoms with Gasteiger partial charge in [0.15, 0.2) is 0 Å². The summed E-state index contributed by atoms with van der Waals surface area (Å²) < 4.78 is 0. The second-order valence-electron chi connectivity index (χ2n) is 4.92. The Bertz CT molecular complexity index is 538. The van der Waals surface area contributed by atoms with Gasteiger partial charge in [-0.2, -0.15) is 0 Å². The summed E-state index contributed by atoms with van der Waals surface area (Å²) in [5.74, 6) is 0.922. The van der Waals surface area contributed by atoms with Crippen LogP contribution in [0.5, 0.6) is 0 Å². The summed E-state index contributed by atoms with van der Waals surface area (Å²) in [5.41, 5.74) is 3.21. The zero-order chi connectivity index (χ0) is 13.8. The average molecular weight is 256 g/mol. The number of aromatic nitrogens is 1. The summed E-state index contributed by atoms with van der Waals surface area (Å²) in [6.07, 6.45) is 1.29. The van der Waals surface area contributed by atoms with E-state index in [-0.39, 0.29) is 0 Å². The van der Waals surface area contributed by atoms with E-state index < -0.39 is 6.10 Å². The lowest BCUT2D eigenvalue weighted by Crippen LogP contribution is -2.18. The van der Waals surface area contributed by atoms with Gasteiger partial charge in [0, 0.05) is 25.4 Å². The number of anilines is 1. The van der Waals surface area contributed by atoms with Gasteiger partial charge >= 0.3 is 0 Å². The largest absolute Gasteiger partial charge is 0.389 e. The van der Waals surface area contributed by atoms with Crippen molar-refractivity contribution in [3.63, 3.8) is 0 Å². The van der Waals surface area contributed by atoms with Crippen LogP contribution in [0.4, 0.5) is 5.82 Å². The van der Waals surface area contributed by atoms with E-state index in [1.165, 1.54) is 5.56 Å². The van der Waals surface area contributed by atoms with E-state index >= 15 is 0 Å². The molecule has 0 fully saturated rings. The Kier molecular flexibility index (Phi) is 4.17. The number of aliphatic hydroxyl groups is 1. The third kappa shape index (κ3) is 3.32. The minimum Gasteiger partial charge on any atom is -0.389 e. The van der Waals surface area contributed by atoms with Crippen molar-refractivity contribution in [1.29, 1.82) is 0 Å². The SMILES string of the molecule is Cc1cc(N(C)Cc2ccccc2)ncc1C(C)O. The molecule has 1 unspecified atom stereocenters. The fourth-order valence-corrected chi connectivity index (χ4v) is 2.14. The number of hydrogen-bond acceptors (Lipinski definition) is 3. The first-order valence-corrected chi connectivity index (χ1v) is 6.47. The Morgan fingerprint density at radius 1 is 1.26 bits per heavy atom. The highest BCUT2D eigenvalue weighted by molar-refractivity contribution is 5.43. The molecule has 1 N–H and O–H groups in total. The number of hydrogen-bond donors (Lipinski definition) is 1. The lowest BCUT2D eigenvalue weighted by atomic mass is 10.1. The second kappa shape index (κ2) is 5.85. The second-order valence-corrected chi connectivity index (χ2v) is 4.92. The minimum atomic E-state index is -0.471. The van der Waals surface area contributed by atoms with Crippen molar-refractivity contribution in [2.45, 2.75) is 26.5 Å². The van der Waals surface area contributed by atoms with Gasteiger partial charge in [0.25, 0.3) is 0 Å². The van der Waals surface area contributed by atoms with Gasteiger partial charge in [-0.25, -0.2) is 4.98 Å². The predicted molar refractivity (Wildman–Crippen MR) is 78.2 cm³/mol. The fraction of sp³-hybridized carbons (Fsp3) is 0.312. The molecule has 2 rings (SSSR count). The molecule has 1 aromatic heterocycles. The van der Waals surface area contributed by atoms with Crippen LogP contribution in [0.25, 0.3) is 0 Å². The van der Waals surface area contributed by atoms with Crippen molar-refractivity contribution in [2.24, 2.45) is 0 Å². The molecule has 0 spiro atoms. The quantitative estimate of drug-likeness (QED) is 0.913. The first-order chi connectivity index (χ1) is 9.08. The number of aliphatic hydroxyl groups excluding tert-OH is 1. The summed E-state index contributed by atoms with van der Waals surface area (Å²) in [7, 11) is 2.02. The molecule has 0 saturated heterocycles. The van der Waals surface area contributed by atoms with Crippen LogP contribution in [0, 0.1) is 6.92 Å². The molecule has 2 aromatic rings. The van der Waals surface area contributed by atoms with Gasteiger partial charge in [0.05, 0.1) is 6.10 Å². The van der Waals surface area contributed by atoms with Gasteiger partial charge in [-0.15, -0.1) is 0 Å². The summed E-state index contributed by atoms with van der Waals surface area (Å²) in [6.45, 7) is 4.59. The van der Waals surface area contributed by atoms with Crippen molar-refractivity contribution >= 4 is 5.82 Å². The number of aryl methyl sites for hydroxylation is 1. The summed E-state index contributed by atoms with van der Waals surface area (Å²) in [4.78, 5) is 6.53. The molecule has 0 radical (unpaired) electrons. The topological polar surface area (TPSA) is 36.4 Å². The van der Waals surface area contributed by atoms with Crippen molar-refractivity contribution in [3.05, 3.63) is 59.3 Å². The molecular formula is C16H20N2O. The maximum Gasteiger partial charge on any atom is 0.128 e. The van der Waals surface area contributed by atoms with Crippen molar-refractivity contribution < 1.29 is 5.11 Å². The molecular weight excluding hydrogens is 236 g/mol. The Morgan fingerprint density at radius 3 is 2.53 bits per heavy atom. The molecule has 3 nitrogen and oxygen atoms in total. The number of nitrogens with zero attached hydrogens (tertiary/aromatic N) is 2. The monoisotopic (exact) mass is 256 g/mol. The first-order valence-electron chi connectivity index (χ1n) is 6.47. The van der Waals surface area contributed by atoms with Crippen LogP contribution in [0.1, 0.15) is 29.7 Å². The summed E-state index contributed by atoms with van der Waals surface area (Å²) >= 11 is 0. The highest BCUT2D eigenvalue weighted by Crippen LogP contribution is 2.21. The maximum absolute atomic E-state index is 9.62. The molecule has 19 heavy (non-hydrogen) atoms. The van der Waals surface area contributed by atoms with E-state index in [1.54, 1.807) is 13.1 Å².